The number of hydrogen-bond acceptors (Lipinski definition) is 2. The lowest BCUT2D eigenvalue weighted by atomic mass is 9.63. The van der Waals surface area contributed by atoms with Crippen molar-refractivity contribution in [3.05, 3.63) is 34.9 Å². The number of piperidine rings is 1. The second-order valence-corrected chi connectivity index (χ2v) is 8.52. The first kappa shape index (κ1) is 16.5. The molecule has 3 heteroatoms. The standard InChI is InChI=1S/C20H30N2O/c1-19(2)10-11-20(3,4)17-14-15(8-9-16(17)19)18(23)21-22-12-6-5-7-13-22/h8-9,14H,5-7,10-13H2,1-4H3,(H,21,23). The number of benzene rings is 1. The van der Waals surface area contributed by atoms with Crippen LogP contribution >= 0.6 is 0 Å². The van der Waals surface area contributed by atoms with Gasteiger partial charge in [0, 0.05) is 18.7 Å². The number of hydrazine groups is 1. The highest BCUT2D eigenvalue weighted by atomic mass is 16.2. The normalized spacial score (nSPS) is 23.1. The number of hydrogen-bond donors (Lipinski definition) is 1. The summed E-state index contributed by atoms with van der Waals surface area (Å²) in [5.41, 5.74) is 6.98. The van der Waals surface area contributed by atoms with Crippen molar-refractivity contribution < 1.29 is 4.79 Å². The SMILES string of the molecule is CC1(C)CCC(C)(C)c2cc(C(=O)NN3CCCCC3)ccc21. The maximum absolute atomic E-state index is 12.6. The molecule has 3 rings (SSSR count). The van der Waals surface area contributed by atoms with Gasteiger partial charge in [-0.05, 0) is 59.8 Å². The molecular weight excluding hydrogens is 284 g/mol. The van der Waals surface area contributed by atoms with Gasteiger partial charge in [-0.3, -0.25) is 10.2 Å². The summed E-state index contributed by atoms with van der Waals surface area (Å²) in [4.78, 5) is 12.6. The molecule has 23 heavy (non-hydrogen) atoms. The maximum Gasteiger partial charge on any atom is 0.265 e. The minimum absolute atomic E-state index is 0.0360. The van der Waals surface area contributed by atoms with Crippen LogP contribution in [-0.2, 0) is 10.8 Å². The van der Waals surface area contributed by atoms with Gasteiger partial charge in [-0.2, -0.15) is 0 Å². The van der Waals surface area contributed by atoms with Gasteiger partial charge in [0.1, 0.15) is 0 Å². The second-order valence-electron chi connectivity index (χ2n) is 8.52. The van der Waals surface area contributed by atoms with Crippen LogP contribution in [0.5, 0.6) is 0 Å². The molecule has 1 saturated heterocycles. The Hall–Kier alpha value is -1.35. The summed E-state index contributed by atoms with van der Waals surface area (Å²) in [7, 11) is 0. The van der Waals surface area contributed by atoms with Gasteiger partial charge in [0.05, 0.1) is 0 Å². The third-order valence-electron chi connectivity index (χ3n) is 5.73. The molecule has 1 aliphatic carbocycles. The van der Waals surface area contributed by atoms with Gasteiger partial charge in [-0.15, -0.1) is 0 Å². The average molecular weight is 314 g/mol. The summed E-state index contributed by atoms with van der Waals surface area (Å²) in [6.45, 7) is 11.2. The first-order valence-corrected chi connectivity index (χ1v) is 9.01. The molecule has 0 radical (unpaired) electrons. The zero-order valence-electron chi connectivity index (χ0n) is 15.0. The molecule has 0 atom stereocenters. The van der Waals surface area contributed by atoms with Crippen LogP contribution in [0, 0.1) is 0 Å². The Morgan fingerprint density at radius 2 is 1.57 bits per heavy atom. The molecule has 1 aromatic rings. The zero-order chi connectivity index (χ0) is 16.7. The molecule has 1 heterocycles. The largest absolute Gasteiger partial charge is 0.285 e. The Kier molecular flexibility index (Phi) is 4.26. The van der Waals surface area contributed by atoms with Gasteiger partial charge < -0.3 is 0 Å². The minimum atomic E-state index is 0.0360. The van der Waals surface area contributed by atoms with Crippen LogP contribution < -0.4 is 5.43 Å². The van der Waals surface area contributed by atoms with E-state index in [4.69, 9.17) is 0 Å². The lowest BCUT2D eigenvalue weighted by molar-refractivity contribution is 0.0749. The molecule has 2 aliphatic rings. The molecule has 1 amide bonds. The van der Waals surface area contributed by atoms with E-state index >= 15 is 0 Å². The maximum atomic E-state index is 12.6. The Morgan fingerprint density at radius 1 is 0.957 bits per heavy atom. The minimum Gasteiger partial charge on any atom is -0.285 e. The first-order chi connectivity index (χ1) is 10.8. The molecule has 1 aromatic carbocycles. The lowest BCUT2D eigenvalue weighted by Crippen LogP contribution is -2.45. The van der Waals surface area contributed by atoms with Crippen molar-refractivity contribution in [2.75, 3.05) is 13.1 Å². The number of amides is 1. The Balaban J connectivity index is 1.86. The molecule has 0 saturated carbocycles. The van der Waals surface area contributed by atoms with E-state index in [1.54, 1.807) is 0 Å². The summed E-state index contributed by atoms with van der Waals surface area (Å²) >= 11 is 0. The molecular formula is C20H30N2O. The van der Waals surface area contributed by atoms with Crippen LogP contribution in [0.4, 0.5) is 0 Å². The Labute approximate surface area is 140 Å². The fraction of sp³-hybridized carbons (Fsp3) is 0.650. The van der Waals surface area contributed by atoms with E-state index in [0.717, 1.165) is 18.7 Å². The van der Waals surface area contributed by atoms with E-state index in [9.17, 15) is 4.79 Å². The number of nitrogens with zero attached hydrogens (tertiary/aromatic N) is 1. The van der Waals surface area contributed by atoms with E-state index in [2.05, 4.69) is 50.3 Å². The fourth-order valence-corrected chi connectivity index (χ4v) is 3.94. The summed E-state index contributed by atoms with van der Waals surface area (Å²) < 4.78 is 0. The highest BCUT2D eigenvalue weighted by Crippen LogP contribution is 2.45. The summed E-state index contributed by atoms with van der Waals surface area (Å²) in [6, 6.07) is 6.32. The van der Waals surface area contributed by atoms with Gasteiger partial charge in [0.25, 0.3) is 5.91 Å². The van der Waals surface area contributed by atoms with Gasteiger partial charge in [-0.25, -0.2) is 5.01 Å². The van der Waals surface area contributed by atoms with Crippen molar-refractivity contribution in [1.29, 1.82) is 0 Å². The fourth-order valence-electron chi connectivity index (χ4n) is 3.94. The number of rotatable bonds is 2. The van der Waals surface area contributed by atoms with Gasteiger partial charge in [-0.1, -0.05) is 40.2 Å². The van der Waals surface area contributed by atoms with Crippen LogP contribution in [0.15, 0.2) is 18.2 Å². The second kappa shape index (κ2) is 5.94. The van der Waals surface area contributed by atoms with Crippen LogP contribution in [0.25, 0.3) is 0 Å². The molecule has 0 bridgehead atoms. The molecule has 0 spiro atoms. The van der Waals surface area contributed by atoms with Crippen LogP contribution in [0.1, 0.15) is 81.3 Å². The summed E-state index contributed by atoms with van der Waals surface area (Å²) in [6.07, 6.45) is 5.99. The van der Waals surface area contributed by atoms with Crippen molar-refractivity contribution in [1.82, 2.24) is 10.4 Å². The number of fused-ring (bicyclic) bond motifs is 1. The van der Waals surface area contributed by atoms with E-state index in [1.165, 1.54) is 43.2 Å². The summed E-state index contributed by atoms with van der Waals surface area (Å²) in [5, 5.41) is 2.07. The van der Waals surface area contributed by atoms with Crippen molar-refractivity contribution in [2.45, 2.75) is 70.6 Å². The molecule has 0 unspecified atom stereocenters. The quantitative estimate of drug-likeness (QED) is 0.888. The van der Waals surface area contributed by atoms with Crippen molar-refractivity contribution in [3.63, 3.8) is 0 Å². The van der Waals surface area contributed by atoms with Crippen molar-refractivity contribution in [2.24, 2.45) is 0 Å². The van der Waals surface area contributed by atoms with Crippen molar-refractivity contribution >= 4 is 5.91 Å². The van der Waals surface area contributed by atoms with Crippen molar-refractivity contribution in [3.8, 4) is 0 Å². The molecule has 0 aromatic heterocycles. The van der Waals surface area contributed by atoms with Gasteiger partial charge in [0.2, 0.25) is 0 Å². The topological polar surface area (TPSA) is 32.3 Å². The zero-order valence-corrected chi connectivity index (χ0v) is 15.0. The molecule has 1 N–H and O–H groups in total. The van der Waals surface area contributed by atoms with Crippen LogP contribution in [-0.4, -0.2) is 24.0 Å². The first-order valence-electron chi connectivity index (χ1n) is 9.01. The van der Waals surface area contributed by atoms with Crippen LogP contribution in [0.2, 0.25) is 0 Å². The van der Waals surface area contributed by atoms with E-state index in [1.807, 2.05) is 6.07 Å². The van der Waals surface area contributed by atoms with E-state index in [-0.39, 0.29) is 16.7 Å². The third-order valence-corrected chi connectivity index (χ3v) is 5.73. The number of nitrogens with one attached hydrogen (secondary N) is 1. The third kappa shape index (κ3) is 3.30. The molecule has 126 valence electrons. The number of carbonyl (C=O) groups excluding carboxylic acids is 1. The molecule has 3 nitrogen and oxygen atoms in total. The highest BCUT2D eigenvalue weighted by molar-refractivity contribution is 5.94. The van der Waals surface area contributed by atoms with Gasteiger partial charge in [0.15, 0.2) is 0 Å². The predicted molar refractivity (Wildman–Crippen MR) is 94.6 cm³/mol. The van der Waals surface area contributed by atoms with Gasteiger partial charge >= 0.3 is 0 Å². The lowest BCUT2D eigenvalue weighted by Gasteiger charge is -2.42. The Bertz CT molecular complexity index is 598. The molecule has 1 aliphatic heterocycles. The average Bonchev–Trinajstić information content (AvgIpc) is 2.52. The van der Waals surface area contributed by atoms with E-state index < -0.39 is 0 Å². The van der Waals surface area contributed by atoms with Crippen LogP contribution in [0.3, 0.4) is 0 Å². The molecule has 1 fully saturated rings. The predicted octanol–water partition coefficient (Wildman–Crippen LogP) is 4.17. The monoisotopic (exact) mass is 314 g/mol. The smallest absolute Gasteiger partial charge is 0.265 e. The highest BCUT2D eigenvalue weighted by Gasteiger charge is 2.37. The summed E-state index contributed by atoms with van der Waals surface area (Å²) in [5.74, 6) is 0.0360. The van der Waals surface area contributed by atoms with E-state index in [0.29, 0.717) is 0 Å². The Morgan fingerprint density at radius 3 is 2.22 bits per heavy atom. The number of carbonyl (C=O) groups is 1.